The SMILES string of the molecule is CCc1nn(CC)c(CC(=O)C(C)(N)C(F)(F)F)c1Br. The van der Waals surface area contributed by atoms with Crippen molar-refractivity contribution in [1.82, 2.24) is 9.78 Å². The second kappa shape index (κ2) is 5.85. The second-order valence-corrected chi connectivity index (χ2v) is 5.47. The van der Waals surface area contributed by atoms with Crippen LogP contribution in [0.1, 0.15) is 32.2 Å². The summed E-state index contributed by atoms with van der Waals surface area (Å²) in [6.45, 7) is 4.84. The minimum atomic E-state index is -4.78. The summed E-state index contributed by atoms with van der Waals surface area (Å²) < 4.78 is 40.4. The van der Waals surface area contributed by atoms with E-state index in [0.717, 1.165) is 0 Å². The molecule has 8 heteroatoms. The van der Waals surface area contributed by atoms with Crippen molar-refractivity contribution < 1.29 is 18.0 Å². The fourth-order valence-electron chi connectivity index (χ4n) is 1.68. The van der Waals surface area contributed by atoms with E-state index in [-0.39, 0.29) is 0 Å². The molecule has 0 amide bonds. The Morgan fingerprint density at radius 2 is 1.95 bits per heavy atom. The van der Waals surface area contributed by atoms with Gasteiger partial charge in [-0.15, -0.1) is 0 Å². The van der Waals surface area contributed by atoms with Crippen LogP contribution in [0.2, 0.25) is 0 Å². The maximum Gasteiger partial charge on any atom is 0.413 e. The lowest BCUT2D eigenvalue weighted by Gasteiger charge is -2.26. The Labute approximate surface area is 123 Å². The van der Waals surface area contributed by atoms with E-state index in [2.05, 4.69) is 21.0 Å². The lowest BCUT2D eigenvalue weighted by atomic mass is 9.93. The first-order valence-corrected chi connectivity index (χ1v) is 6.98. The summed E-state index contributed by atoms with van der Waals surface area (Å²) in [4.78, 5) is 11.9. The number of aromatic nitrogens is 2. The topological polar surface area (TPSA) is 60.9 Å². The van der Waals surface area contributed by atoms with E-state index >= 15 is 0 Å². The van der Waals surface area contributed by atoms with Gasteiger partial charge in [-0.25, -0.2) is 0 Å². The molecule has 0 bridgehead atoms. The lowest BCUT2D eigenvalue weighted by molar-refractivity contribution is -0.185. The number of hydrogen-bond acceptors (Lipinski definition) is 3. The van der Waals surface area contributed by atoms with Gasteiger partial charge < -0.3 is 5.73 Å². The number of rotatable bonds is 5. The standard InChI is InChI=1S/C12H17BrF3N3O/c1-4-7-10(13)8(19(5-2)18-7)6-9(20)11(3,17)12(14,15)16/h4-6,17H2,1-3H3. The first-order valence-electron chi connectivity index (χ1n) is 6.19. The Morgan fingerprint density at radius 1 is 1.40 bits per heavy atom. The minimum absolute atomic E-state index is 0.409. The molecule has 1 unspecified atom stereocenters. The normalized spacial score (nSPS) is 15.2. The maximum atomic E-state index is 12.8. The molecule has 20 heavy (non-hydrogen) atoms. The summed E-state index contributed by atoms with van der Waals surface area (Å²) in [5.41, 5.74) is 3.42. The fraction of sp³-hybridized carbons (Fsp3) is 0.667. The number of halogens is 4. The van der Waals surface area contributed by atoms with E-state index in [0.29, 0.717) is 35.7 Å². The van der Waals surface area contributed by atoms with Gasteiger partial charge in [-0.05, 0) is 36.2 Å². The van der Waals surface area contributed by atoms with Crippen molar-refractivity contribution in [2.24, 2.45) is 5.73 Å². The summed E-state index contributed by atoms with van der Waals surface area (Å²) in [7, 11) is 0. The molecule has 114 valence electrons. The van der Waals surface area contributed by atoms with E-state index in [4.69, 9.17) is 5.73 Å². The van der Waals surface area contributed by atoms with Crippen LogP contribution in [0.4, 0.5) is 13.2 Å². The predicted octanol–water partition coefficient (Wildman–Crippen LogP) is 2.62. The van der Waals surface area contributed by atoms with Gasteiger partial charge in [-0.3, -0.25) is 9.48 Å². The summed E-state index contributed by atoms with van der Waals surface area (Å²) >= 11 is 3.29. The van der Waals surface area contributed by atoms with Crippen LogP contribution in [0, 0.1) is 0 Å². The third-order valence-corrected chi connectivity index (χ3v) is 4.11. The van der Waals surface area contributed by atoms with Crippen LogP contribution in [0.15, 0.2) is 4.47 Å². The highest BCUT2D eigenvalue weighted by atomic mass is 79.9. The summed E-state index contributed by atoms with van der Waals surface area (Å²) in [6, 6.07) is 0. The first kappa shape index (κ1) is 17.2. The first-order chi connectivity index (χ1) is 9.06. The van der Waals surface area contributed by atoms with Crippen molar-refractivity contribution in [3.05, 3.63) is 15.9 Å². The lowest BCUT2D eigenvalue weighted by Crippen LogP contribution is -2.57. The molecule has 1 heterocycles. The molecule has 1 atom stereocenters. The van der Waals surface area contributed by atoms with Crippen LogP contribution in [0.3, 0.4) is 0 Å². The molecule has 0 fully saturated rings. The van der Waals surface area contributed by atoms with Crippen LogP contribution < -0.4 is 5.73 Å². The third-order valence-electron chi connectivity index (χ3n) is 3.19. The largest absolute Gasteiger partial charge is 0.413 e. The Hall–Kier alpha value is -0.890. The van der Waals surface area contributed by atoms with E-state index in [1.807, 2.05) is 6.92 Å². The highest BCUT2D eigenvalue weighted by molar-refractivity contribution is 9.10. The molecule has 0 spiro atoms. The minimum Gasteiger partial charge on any atom is -0.312 e. The van der Waals surface area contributed by atoms with Gasteiger partial charge in [0, 0.05) is 6.54 Å². The molecule has 0 aliphatic heterocycles. The summed E-state index contributed by atoms with van der Waals surface area (Å²) in [6.07, 6.45) is -4.57. The highest BCUT2D eigenvalue weighted by Crippen LogP contribution is 2.31. The number of nitrogens with zero attached hydrogens (tertiary/aromatic N) is 2. The fourth-order valence-corrected chi connectivity index (χ4v) is 2.38. The van der Waals surface area contributed by atoms with Crippen LogP contribution in [-0.4, -0.2) is 27.3 Å². The number of alkyl halides is 3. The Kier molecular flexibility index (Phi) is 5.02. The van der Waals surface area contributed by atoms with Crippen molar-refractivity contribution in [3.8, 4) is 0 Å². The Morgan fingerprint density at radius 3 is 2.35 bits per heavy atom. The molecule has 0 aliphatic rings. The van der Waals surface area contributed by atoms with Crippen molar-refractivity contribution in [3.63, 3.8) is 0 Å². The molecule has 0 radical (unpaired) electrons. The zero-order chi connectivity index (χ0) is 15.7. The van der Waals surface area contributed by atoms with Crippen molar-refractivity contribution in [2.75, 3.05) is 0 Å². The number of Topliss-reactive ketones (excluding diaryl/α,β-unsaturated/α-hetero) is 1. The number of nitrogens with two attached hydrogens (primary N) is 1. The van der Waals surface area contributed by atoms with E-state index < -0.39 is 23.9 Å². The van der Waals surface area contributed by atoms with Crippen LogP contribution in [0.25, 0.3) is 0 Å². The van der Waals surface area contributed by atoms with E-state index in [9.17, 15) is 18.0 Å². The van der Waals surface area contributed by atoms with Crippen molar-refractivity contribution >= 4 is 21.7 Å². The van der Waals surface area contributed by atoms with Gasteiger partial charge in [0.25, 0.3) is 0 Å². The smallest absolute Gasteiger partial charge is 0.312 e. The zero-order valence-electron chi connectivity index (χ0n) is 11.5. The molecule has 1 aromatic heterocycles. The average Bonchev–Trinajstić information content (AvgIpc) is 2.64. The van der Waals surface area contributed by atoms with Crippen molar-refractivity contribution in [1.29, 1.82) is 0 Å². The molecule has 0 saturated heterocycles. The van der Waals surface area contributed by atoms with Crippen LogP contribution in [-0.2, 0) is 24.2 Å². The van der Waals surface area contributed by atoms with Crippen molar-refractivity contribution in [2.45, 2.75) is 51.9 Å². The molecule has 1 rings (SSSR count). The third kappa shape index (κ3) is 3.06. The quantitative estimate of drug-likeness (QED) is 0.882. The maximum absolute atomic E-state index is 12.8. The van der Waals surface area contributed by atoms with Gasteiger partial charge in [0.15, 0.2) is 11.3 Å². The van der Waals surface area contributed by atoms with E-state index in [1.54, 1.807) is 6.92 Å². The molecular formula is C12H17BrF3N3O. The number of carbonyl (C=O) groups excluding carboxylic acids is 1. The average molecular weight is 356 g/mol. The van der Waals surface area contributed by atoms with Gasteiger partial charge in [0.2, 0.25) is 0 Å². The molecule has 4 nitrogen and oxygen atoms in total. The molecule has 0 saturated carbocycles. The number of aryl methyl sites for hydroxylation is 2. The molecule has 1 aromatic rings. The van der Waals surface area contributed by atoms with E-state index in [1.165, 1.54) is 4.68 Å². The summed E-state index contributed by atoms with van der Waals surface area (Å²) in [5, 5.41) is 4.24. The van der Waals surface area contributed by atoms with Crippen LogP contribution in [0.5, 0.6) is 0 Å². The molecule has 0 aromatic carbocycles. The van der Waals surface area contributed by atoms with Gasteiger partial charge in [-0.2, -0.15) is 18.3 Å². The number of ketones is 1. The molecule has 0 aliphatic carbocycles. The molecular weight excluding hydrogens is 339 g/mol. The van der Waals surface area contributed by atoms with Gasteiger partial charge in [0.05, 0.1) is 22.3 Å². The van der Waals surface area contributed by atoms with Crippen LogP contribution >= 0.6 is 15.9 Å². The van der Waals surface area contributed by atoms with Gasteiger partial charge >= 0.3 is 6.18 Å². The Bertz CT molecular complexity index is 509. The van der Waals surface area contributed by atoms with Gasteiger partial charge in [-0.1, -0.05) is 6.92 Å². The number of hydrogen-bond donors (Lipinski definition) is 1. The molecule has 2 N–H and O–H groups in total. The Balaban J connectivity index is 3.11. The summed E-state index contributed by atoms with van der Waals surface area (Å²) in [5.74, 6) is -1.08. The predicted molar refractivity (Wildman–Crippen MR) is 72.3 cm³/mol. The number of carbonyl (C=O) groups is 1. The monoisotopic (exact) mass is 355 g/mol. The van der Waals surface area contributed by atoms with Gasteiger partial charge in [0.1, 0.15) is 0 Å². The zero-order valence-corrected chi connectivity index (χ0v) is 13.1. The highest BCUT2D eigenvalue weighted by Gasteiger charge is 2.53. The second-order valence-electron chi connectivity index (χ2n) is 4.68.